The molecule has 0 saturated heterocycles. The van der Waals surface area contributed by atoms with Crippen LogP contribution >= 0.6 is 0 Å². The molecule has 0 heterocycles. The van der Waals surface area contributed by atoms with Crippen molar-refractivity contribution in [3.05, 3.63) is 0 Å². The van der Waals surface area contributed by atoms with Gasteiger partial charge in [0.25, 0.3) is 0 Å². The summed E-state index contributed by atoms with van der Waals surface area (Å²) in [5.41, 5.74) is 0. The van der Waals surface area contributed by atoms with Crippen LogP contribution in [0.1, 0.15) is 52.4 Å². The zero-order valence-corrected chi connectivity index (χ0v) is 10.5. The van der Waals surface area contributed by atoms with E-state index in [9.17, 15) is 0 Å². The summed E-state index contributed by atoms with van der Waals surface area (Å²) < 4.78 is 1.53. The number of hydrogen-bond donors (Lipinski definition) is 0. The van der Waals surface area contributed by atoms with Crippen LogP contribution < -0.4 is 0 Å². The SMILES string of the molecule is CCCCC([CH2][Na])CCCC. The van der Waals surface area contributed by atoms with Crippen LogP contribution in [0.5, 0.6) is 0 Å². The zero-order chi connectivity index (χ0) is 8.53. The molecule has 0 saturated carbocycles. The van der Waals surface area contributed by atoms with Crippen LogP contribution in [0.2, 0.25) is 3.67 Å². The Morgan fingerprint density at radius 1 is 1.00 bits per heavy atom. The summed E-state index contributed by atoms with van der Waals surface area (Å²) in [6, 6.07) is 0. The molecule has 0 fully saturated rings. The molecule has 0 amide bonds. The summed E-state index contributed by atoms with van der Waals surface area (Å²) >= 11 is 1.41. The molecule has 0 aromatic carbocycles. The molecule has 0 N–H and O–H groups in total. The molecular formula is C10H21Na. The Bertz CT molecular complexity index is 63.3. The first-order chi connectivity index (χ1) is 5.35. The molecule has 0 bridgehead atoms. The van der Waals surface area contributed by atoms with E-state index in [-0.39, 0.29) is 0 Å². The van der Waals surface area contributed by atoms with E-state index in [1.807, 2.05) is 0 Å². The van der Waals surface area contributed by atoms with Gasteiger partial charge in [-0.1, -0.05) is 0 Å². The van der Waals surface area contributed by atoms with Gasteiger partial charge in [0, 0.05) is 0 Å². The van der Waals surface area contributed by atoms with Gasteiger partial charge in [-0.25, -0.2) is 0 Å². The zero-order valence-electron chi connectivity index (χ0n) is 8.53. The molecular weight excluding hydrogens is 143 g/mol. The van der Waals surface area contributed by atoms with Crippen LogP contribution in [0.25, 0.3) is 0 Å². The van der Waals surface area contributed by atoms with Crippen molar-refractivity contribution < 1.29 is 0 Å². The quantitative estimate of drug-likeness (QED) is 0.505. The predicted molar refractivity (Wildman–Crippen MR) is 53.1 cm³/mol. The van der Waals surface area contributed by atoms with Gasteiger partial charge < -0.3 is 0 Å². The van der Waals surface area contributed by atoms with Crippen molar-refractivity contribution in [2.24, 2.45) is 5.92 Å². The van der Waals surface area contributed by atoms with Crippen molar-refractivity contribution in [3.63, 3.8) is 0 Å². The molecule has 0 nitrogen and oxygen atoms in total. The van der Waals surface area contributed by atoms with E-state index in [1.165, 1.54) is 70.1 Å². The van der Waals surface area contributed by atoms with Crippen molar-refractivity contribution in [1.82, 2.24) is 0 Å². The Morgan fingerprint density at radius 2 is 1.45 bits per heavy atom. The topological polar surface area (TPSA) is 0 Å². The molecule has 0 aromatic heterocycles. The summed E-state index contributed by atoms with van der Waals surface area (Å²) in [6.45, 7) is 4.59. The molecule has 11 heavy (non-hydrogen) atoms. The fourth-order valence-corrected chi connectivity index (χ4v) is 2.35. The van der Waals surface area contributed by atoms with Crippen molar-refractivity contribution >= 4 is 27.9 Å². The first-order valence-electron chi connectivity index (χ1n) is 5.35. The van der Waals surface area contributed by atoms with E-state index in [2.05, 4.69) is 13.8 Å². The molecule has 0 aromatic rings. The van der Waals surface area contributed by atoms with Crippen molar-refractivity contribution in [3.8, 4) is 0 Å². The monoisotopic (exact) mass is 164 g/mol. The predicted octanol–water partition coefficient (Wildman–Crippen LogP) is 3.57. The normalized spacial score (nSPS) is 11.0. The molecule has 0 radical (unpaired) electrons. The Balaban J connectivity index is 3.25. The molecule has 1 heteroatoms. The Labute approximate surface area is 89.6 Å². The molecule has 0 aliphatic carbocycles. The third-order valence-corrected chi connectivity index (χ3v) is 3.66. The van der Waals surface area contributed by atoms with Gasteiger partial charge in [0.05, 0.1) is 0 Å². The van der Waals surface area contributed by atoms with E-state index in [1.54, 1.807) is 0 Å². The van der Waals surface area contributed by atoms with Crippen LogP contribution in [-0.4, -0.2) is 27.9 Å². The average molecular weight is 164 g/mol. The second-order valence-corrected chi connectivity index (χ2v) is 4.38. The van der Waals surface area contributed by atoms with E-state index in [0.717, 1.165) is 5.92 Å². The second kappa shape index (κ2) is 9.09. The molecule has 0 spiro atoms. The summed E-state index contributed by atoms with van der Waals surface area (Å²) in [4.78, 5) is 0. The van der Waals surface area contributed by atoms with Crippen molar-refractivity contribution in [2.45, 2.75) is 56.0 Å². The van der Waals surface area contributed by atoms with Gasteiger partial charge in [-0.3, -0.25) is 0 Å². The summed E-state index contributed by atoms with van der Waals surface area (Å²) in [6.07, 6.45) is 8.67. The summed E-state index contributed by atoms with van der Waals surface area (Å²) in [5.74, 6) is 1.08. The number of unbranched alkanes of at least 4 members (excludes halogenated alkanes) is 2. The van der Waals surface area contributed by atoms with Crippen LogP contribution in [0.15, 0.2) is 0 Å². The molecule has 0 aliphatic heterocycles. The average Bonchev–Trinajstić information content (AvgIpc) is 2.05. The Kier molecular flexibility index (Phi) is 9.92. The Hall–Kier alpha value is 1.00. The van der Waals surface area contributed by atoms with Gasteiger partial charge in [0.1, 0.15) is 0 Å². The van der Waals surface area contributed by atoms with E-state index < -0.39 is 0 Å². The second-order valence-electron chi connectivity index (χ2n) is 3.56. The summed E-state index contributed by atoms with van der Waals surface area (Å²) in [5, 5.41) is 0. The maximum absolute atomic E-state index is 2.30. The third-order valence-electron chi connectivity index (χ3n) is 2.51. The summed E-state index contributed by atoms with van der Waals surface area (Å²) in [7, 11) is 0. The fourth-order valence-electron chi connectivity index (χ4n) is 1.54. The van der Waals surface area contributed by atoms with Crippen LogP contribution in [0.4, 0.5) is 0 Å². The molecule has 0 unspecified atom stereocenters. The van der Waals surface area contributed by atoms with Gasteiger partial charge in [0.2, 0.25) is 0 Å². The number of rotatable bonds is 7. The van der Waals surface area contributed by atoms with Crippen molar-refractivity contribution in [2.75, 3.05) is 0 Å². The van der Waals surface area contributed by atoms with Gasteiger partial charge in [-0.05, 0) is 0 Å². The van der Waals surface area contributed by atoms with Gasteiger partial charge in [-0.2, -0.15) is 0 Å². The van der Waals surface area contributed by atoms with E-state index in [4.69, 9.17) is 0 Å². The van der Waals surface area contributed by atoms with Crippen molar-refractivity contribution in [1.29, 1.82) is 0 Å². The molecule has 0 atom stereocenters. The minimum absolute atomic E-state index is 1.08. The van der Waals surface area contributed by atoms with Gasteiger partial charge >= 0.3 is 89.9 Å². The maximum atomic E-state index is 2.30. The van der Waals surface area contributed by atoms with Crippen LogP contribution in [-0.2, 0) is 0 Å². The first kappa shape index (κ1) is 12.0. The van der Waals surface area contributed by atoms with Crippen LogP contribution in [0, 0.1) is 5.92 Å². The molecule has 0 aliphatic rings. The van der Waals surface area contributed by atoms with Crippen LogP contribution in [0.3, 0.4) is 0 Å². The molecule has 62 valence electrons. The minimum atomic E-state index is 1.08. The van der Waals surface area contributed by atoms with Gasteiger partial charge in [-0.15, -0.1) is 0 Å². The number of hydrogen-bond acceptors (Lipinski definition) is 0. The molecule has 0 rings (SSSR count). The standard InChI is InChI=1S/C10H21.Na/c1-4-6-8-10(3)9-7-5-2;/h10H,3-9H2,1-2H3;. The van der Waals surface area contributed by atoms with E-state index in [0.29, 0.717) is 0 Å². The first-order valence-corrected chi connectivity index (χ1v) is 6.76. The third kappa shape index (κ3) is 7.36. The van der Waals surface area contributed by atoms with E-state index >= 15 is 0 Å². The van der Waals surface area contributed by atoms with Gasteiger partial charge in [0.15, 0.2) is 0 Å². The Morgan fingerprint density at radius 3 is 1.73 bits per heavy atom. The fraction of sp³-hybridized carbons (Fsp3) is 1.00.